The summed E-state index contributed by atoms with van der Waals surface area (Å²) in [5.41, 5.74) is 4.14. The third-order valence-electron chi connectivity index (χ3n) is 5.09. The minimum Gasteiger partial charge on any atom is -0.351 e. The first kappa shape index (κ1) is 20.7. The van der Waals surface area contributed by atoms with Crippen molar-refractivity contribution in [1.29, 1.82) is 0 Å². The summed E-state index contributed by atoms with van der Waals surface area (Å²) in [4.78, 5) is 13.1. The maximum atomic E-state index is 13.1. The third-order valence-corrected chi connectivity index (χ3v) is 5.40. The Morgan fingerprint density at radius 1 is 1.13 bits per heavy atom. The Bertz CT molecular complexity index is 1240. The molecule has 4 aromatic rings. The summed E-state index contributed by atoms with van der Waals surface area (Å²) in [6.07, 6.45) is 2.37. The summed E-state index contributed by atoms with van der Waals surface area (Å²) in [5.74, 6) is 0.654. The van der Waals surface area contributed by atoms with E-state index in [1.165, 1.54) is 5.56 Å². The largest absolute Gasteiger partial charge is 0.351 e. The van der Waals surface area contributed by atoms with Crippen LogP contribution in [-0.4, -0.2) is 37.0 Å². The van der Waals surface area contributed by atoms with E-state index in [-0.39, 0.29) is 5.91 Å². The van der Waals surface area contributed by atoms with Crippen LogP contribution in [0.15, 0.2) is 60.8 Å². The number of aromatic nitrogens is 5. The van der Waals surface area contributed by atoms with Crippen LogP contribution in [0.1, 0.15) is 28.7 Å². The van der Waals surface area contributed by atoms with Gasteiger partial charge in [0, 0.05) is 31.3 Å². The molecule has 0 unspecified atom stereocenters. The van der Waals surface area contributed by atoms with Crippen LogP contribution in [0.5, 0.6) is 0 Å². The molecule has 2 aromatic carbocycles. The summed E-state index contributed by atoms with van der Waals surface area (Å²) < 4.78 is 4.26. The molecule has 2 heterocycles. The van der Waals surface area contributed by atoms with Crippen molar-refractivity contribution in [3.8, 4) is 16.9 Å². The maximum absolute atomic E-state index is 13.1. The molecule has 2 aromatic heterocycles. The van der Waals surface area contributed by atoms with E-state index in [4.69, 9.17) is 17.3 Å². The van der Waals surface area contributed by atoms with E-state index in [0.717, 1.165) is 23.6 Å². The molecule has 1 amide bonds. The number of benzene rings is 2. The predicted molar refractivity (Wildman–Crippen MR) is 123 cm³/mol. The molecule has 0 aliphatic rings. The fraction of sp³-hybridized carbons (Fsp3) is 0.217. The first-order valence-corrected chi connectivity index (χ1v) is 10.6. The number of carbonyl (C=O) groups excluding carboxylic acids is 1. The van der Waals surface area contributed by atoms with Crippen molar-refractivity contribution in [2.45, 2.75) is 26.8 Å². The minimum absolute atomic E-state index is 0.172. The molecule has 8 heteroatoms. The van der Waals surface area contributed by atoms with Gasteiger partial charge in [-0.25, -0.2) is 4.68 Å². The number of aryl methyl sites for hydroxylation is 1. The zero-order valence-electron chi connectivity index (χ0n) is 17.5. The Morgan fingerprint density at radius 2 is 1.87 bits per heavy atom. The van der Waals surface area contributed by atoms with Crippen molar-refractivity contribution < 1.29 is 4.79 Å². The highest BCUT2D eigenvalue weighted by atomic mass is 32.1. The molecule has 0 bridgehead atoms. The van der Waals surface area contributed by atoms with Crippen molar-refractivity contribution >= 4 is 18.1 Å². The predicted octanol–water partition coefficient (Wildman–Crippen LogP) is 4.09. The SMILES string of the molecule is CCn1c(CCNC(=O)c2cn(-c3ccc(C)cc3)nc2-c2ccccc2)n[nH]c1=S. The van der Waals surface area contributed by atoms with Gasteiger partial charge in [0.2, 0.25) is 0 Å². The monoisotopic (exact) mass is 432 g/mol. The third kappa shape index (κ3) is 4.49. The Labute approximate surface area is 185 Å². The van der Waals surface area contributed by atoms with E-state index in [2.05, 4.69) is 15.5 Å². The summed E-state index contributed by atoms with van der Waals surface area (Å²) in [5, 5.41) is 14.8. The van der Waals surface area contributed by atoms with Crippen LogP contribution in [0.3, 0.4) is 0 Å². The number of amides is 1. The van der Waals surface area contributed by atoms with Crippen LogP contribution in [-0.2, 0) is 13.0 Å². The fourth-order valence-electron chi connectivity index (χ4n) is 3.43. The molecule has 0 spiro atoms. The summed E-state index contributed by atoms with van der Waals surface area (Å²) in [6, 6.07) is 17.8. The topological polar surface area (TPSA) is 80.5 Å². The quantitative estimate of drug-likeness (QED) is 0.431. The van der Waals surface area contributed by atoms with E-state index < -0.39 is 0 Å². The molecule has 2 N–H and O–H groups in total. The summed E-state index contributed by atoms with van der Waals surface area (Å²) in [7, 11) is 0. The highest BCUT2D eigenvalue weighted by molar-refractivity contribution is 7.71. The van der Waals surface area contributed by atoms with Gasteiger partial charge in [-0.1, -0.05) is 48.0 Å². The van der Waals surface area contributed by atoms with Crippen LogP contribution in [0, 0.1) is 11.7 Å². The Hall–Kier alpha value is -3.52. The molecule has 4 rings (SSSR count). The zero-order valence-corrected chi connectivity index (χ0v) is 18.3. The second-order valence-corrected chi connectivity index (χ2v) is 7.62. The van der Waals surface area contributed by atoms with Crippen LogP contribution >= 0.6 is 12.2 Å². The lowest BCUT2D eigenvalue weighted by Crippen LogP contribution is -2.26. The fourth-order valence-corrected chi connectivity index (χ4v) is 3.71. The van der Waals surface area contributed by atoms with E-state index in [1.807, 2.05) is 73.0 Å². The number of carbonyl (C=O) groups is 1. The van der Waals surface area contributed by atoms with Crippen molar-refractivity contribution in [2.75, 3.05) is 6.54 Å². The second-order valence-electron chi connectivity index (χ2n) is 7.23. The molecular formula is C23H24N6OS. The van der Waals surface area contributed by atoms with E-state index in [9.17, 15) is 4.79 Å². The minimum atomic E-state index is -0.172. The highest BCUT2D eigenvalue weighted by Crippen LogP contribution is 2.23. The molecule has 0 saturated heterocycles. The van der Waals surface area contributed by atoms with Crippen molar-refractivity contribution in [3.63, 3.8) is 0 Å². The molecule has 0 radical (unpaired) electrons. The van der Waals surface area contributed by atoms with Gasteiger partial charge in [-0.3, -0.25) is 9.89 Å². The number of nitrogens with zero attached hydrogens (tertiary/aromatic N) is 4. The number of hydrogen-bond acceptors (Lipinski definition) is 4. The maximum Gasteiger partial charge on any atom is 0.255 e. The van der Waals surface area contributed by atoms with Gasteiger partial charge in [-0.15, -0.1) is 0 Å². The van der Waals surface area contributed by atoms with Crippen LogP contribution in [0.25, 0.3) is 16.9 Å². The Balaban J connectivity index is 1.58. The van der Waals surface area contributed by atoms with Gasteiger partial charge in [0.25, 0.3) is 5.91 Å². The molecule has 0 aliphatic heterocycles. The normalized spacial score (nSPS) is 10.9. The molecule has 7 nitrogen and oxygen atoms in total. The first-order chi connectivity index (χ1) is 15.1. The molecule has 0 aliphatic carbocycles. The van der Waals surface area contributed by atoms with E-state index in [1.54, 1.807) is 10.9 Å². The van der Waals surface area contributed by atoms with E-state index >= 15 is 0 Å². The van der Waals surface area contributed by atoms with E-state index in [0.29, 0.717) is 29.0 Å². The molecule has 31 heavy (non-hydrogen) atoms. The lowest BCUT2D eigenvalue weighted by atomic mass is 10.1. The summed E-state index contributed by atoms with van der Waals surface area (Å²) in [6.45, 7) is 5.24. The first-order valence-electron chi connectivity index (χ1n) is 10.2. The molecular weight excluding hydrogens is 408 g/mol. The Kier molecular flexibility index (Phi) is 6.08. The number of H-pyrrole nitrogens is 1. The zero-order chi connectivity index (χ0) is 21.8. The van der Waals surface area contributed by atoms with Gasteiger partial charge in [0.15, 0.2) is 4.77 Å². The summed E-state index contributed by atoms with van der Waals surface area (Å²) >= 11 is 5.23. The van der Waals surface area contributed by atoms with Crippen molar-refractivity contribution in [2.24, 2.45) is 0 Å². The van der Waals surface area contributed by atoms with Gasteiger partial charge in [-0.2, -0.15) is 10.2 Å². The number of aromatic amines is 1. The van der Waals surface area contributed by atoms with Crippen molar-refractivity contribution in [1.82, 2.24) is 29.9 Å². The van der Waals surface area contributed by atoms with Gasteiger partial charge >= 0.3 is 0 Å². The molecule has 0 atom stereocenters. The van der Waals surface area contributed by atoms with Crippen LogP contribution < -0.4 is 5.32 Å². The van der Waals surface area contributed by atoms with Gasteiger partial charge in [-0.05, 0) is 38.2 Å². The van der Waals surface area contributed by atoms with Crippen molar-refractivity contribution in [3.05, 3.63) is 82.5 Å². The molecule has 0 saturated carbocycles. The van der Waals surface area contributed by atoms with Crippen LogP contribution in [0.4, 0.5) is 0 Å². The lowest BCUT2D eigenvalue weighted by molar-refractivity contribution is 0.0954. The van der Waals surface area contributed by atoms with Gasteiger partial charge in [0.1, 0.15) is 11.5 Å². The van der Waals surface area contributed by atoms with Crippen LogP contribution in [0.2, 0.25) is 0 Å². The molecule has 0 fully saturated rings. The average Bonchev–Trinajstić information content (AvgIpc) is 3.39. The number of rotatable bonds is 7. The highest BCUT2D eigenvalue weighted by Gasteiger charge is 2.18. The number of nitrogens with one attached hydrogen (secondary N) is 2. The number of hydrogen-bond donors (Lipinski definition) is 2. The standard InChI is InChI=1S/C23H24N6OS/c1-3-28-20(25-26-23(28)31)13-14-24-22(30)19-15-29(18-11-9-16(2)10-12-18)27-21(19)17-7-5-4-6-8-17/h4-12,15H,3,13-14H2,1-2H3,(H,24,30)(H,26,31). The lowest BCUT2D eigenvalue weighted by Gasteiger charge is -2.06. The average molecular weight is 433 g/mol. The second kappa shape index (κ2) is 9.09. The molecule has 158 valence electrons. The van der Waals surface area contributed by atoms with Gasteiger partial charge in [0.05, 0.1) is 11.3 Å². The smallest absolute Gasteiger partial charge is 0.255 e. The van der Waals surface area contributed by atoms with Gasteiger partial charge < -0.3 is 9.88 Å². The Morgan fingerprint density at radius 3 is 2.58 bits per heavy atom.